The van der Waals surface area contributed by atoms with Crippen LogP contribution in [0, 0.1) is 11.7 Å². The molecule has 0 aliphatic carbocycles. The van der Waals surface area contributed by atoms with Crippen LogP contribution in [0.2, 0.25) is 0 Å². The molecule has 0 spiro atoms. The number of halogens is 2. The van der Waals surface area contributed by atoms with Crippen molar-refractivity contribution in [2.75, 3.05) is 13.1 Å². The number of benzene rings is 1. The van der Waals surface area contributed by atoms with Crippen LogP contribution in [-0.2, 0) is 6.54 Å². The van der Waals surface area contributed by atoms with Crippen LogP contribution in [0.4, 0.5) is 4.39 Å². The topological polar surface area (TPSA) is 15.3 Å². The fourth-order valence-electron chi connectivity index (χ4n) is 2.49. The van der Waals surface area contributed by atoms with E-state index < -0.39 is 0 Å². The number of hydrogen-bond acceptors (Lipinski definition) is 2. The van der Waals surface area contributed by atoms with Gasteiger partial charge in [-0.05, 0) is 46.5 Å². The highest BCUT2D eigenvalue weighted by Crippen LogP contribution is 2.20. The predicted molar refractivity (Wildman–Crippen MR) is 80.6 cm³/mol. The molecule has 0 amide bonds. The summed E-state index contributed by atoms with van der Waals surface area (Å²) in [5.74, 6) is 0.437. The highest BCUT2D eigenvalue weighted by molar-refractivity contribution is 9.10. The number of hydrogen-bond donors (Lipinski definition) is 1. The van der Waals surface area contributed by atoms with Crippen LogP contribution in [0.3, 0.4) is 0 Å². The van der Waals surface area contributed by atoms with Gasteiger partial charge in [-0.25, -0.2) is 4.39 Å². The fourth-order valence-corrected chi connectivity index (χ4v) is 2.91. The molecule has 1 aliphatic rings. The Morgan fingerprint density at radius 2 is 2.21 bits per heavy atom. The summed E-state index contributed by atoms with van der Waals surface area (Å²) in [7, 11) is 0. The molecule has 1 heterocycles. The minimum atomic E-state index is -0.197. The molecule has 2 atom stereocenters. The Bertz CT molecular complexity index is 436. The van der Waals surface area contributed by atoms with E-state index in [0.717, 1.165) is 25.2 Å². The second kappa shape index (κ2) is 6.33. The Labute approximate surface area is 123 Å². The van der Waals surface area contributed by atoms with Crippen LogP contribution in [0.25, 0.3) is 0 Å². The minimum Gasteiger partial charge on any atom is -0.311 e. The minimum absolute atomic E-state index is 0.197. The van der Waals surface area contributed by atoms with E-state index in [2.05, 4.69) is 46.9 Å². The maximum Gasteiger partial charge on any atom is 0.137 e. The molecule has 0 radical (unpaired) electrons. The lowest BCUT2D eigenvalue weighted by atomic mass is 9.99. The van der Waals surface area contributed by atoms with Gasteiger partial charge in [0.15, 0.2) is 0 Å². The highest BCUT2D eigenvalue weighted by atomic mass is 79.9. The Morgan fingerprint density at radius 3 is 2.84 bits per heavy atom. The van der Waals surface area contributed by atoms with Gasteiger partial charge in [0.2, 0.25) is 0 Å². The number of nitrogens with one attached hydrogen (secondary N) is 1. The van der Waals surface area contributed by atoms with E-state index >= 15 is 0 Å². The normalized spacial score (nSPS) is 24.9. The molecule has 4 heteroatoms. The van der Waals surface area contributed by atoms with Crippen molar-refractivity contribution < 1.29 is 4.39 Å². The predicted octanol–water partition coefficient (Wildman–Crippen LogP) is 3.41. The lowest BCUT2D eigenvalue weighted by Crippen LogP contribution is -2.56. The largest absolute Gasteiger partial charge is 0.311 e. The molecule has 1 aromatic carbocycles. The first-order valence-corrected chi connectivity index (χ1v) is 7.68. The van der Waals surface area contributed by atoms with Crippen LogP contribution in [0.5, 0.6) is 0 Å². The summed E-state index contributed by atoms with van der Waals surface area (Å²) in [6.07, 6.45) is 0. The first kappa shape index (κ1) is 14.9. The third-order valence-electron chi connectivity index (χ3n) is 3.90. The number of piperazine rings is 1. The molecule has 1 aromatic rings. The number of rotatable bonds is 3. The van der Waals surface area contributed by atoms with Gasteiger partial charge in [-0.3, -0.25) is 4.90 Å². The van der Waals surface area contributed by atoms with Gasteiger partial charge in [-0.2, -0.15) is 0 Å². The van der Waals surface area contributed by atoms with Gasteiger partial charge < -0.3 is 5.32 Å². The van der Waals surface area contributed by atoms with Gasteiger partial charge in [0, 0.05) is 31.7 Å². The second-order valence-electron chi connectivity index (χ2n) is 5.79. The van der Waals surface area contributed by atoms with E-state index in [1.54, 1.807) is 0 Å². The third-order valence-corrected chi connectivity index (χ3v) is 4.51. The molecule has 0 aromatic heterocycles. The molecule has 1 fully saturated rings. The van der Waals surface area contributed by atoms with Gasteiger partial charge in [0.1, 0.15) is 5.82 Å². The first-order valence-electron chi connectivity index (χ1n) is 6.88. The molecule has 19 heavy (non-hydrogen) atoms. The molecule has 106 valence electrons. The van der Waals surface area contributed by atoms with Crippen molar-refractivity contribution in [1.29, 1.82) is 0 Å². The Balaban J connectivity index is 2.05. The van der Waals surface area contributed by atoms with E-state index in [4.69, 9.17) is 0 Å². The Hall–Kier alpha value is -0.450. The Kier molecular flexibility index (Phi) is 4.98. The first-order chi connectivity index (χ1) is 8.97. The summed E-state index contributed by atoms with van der Waals surface area (Å²) >= 11 is 3.26. The van der Waals surface area contributed by atoms with Gasteiger partial charge in [-0.15, -0.1) is 0 Å². The third kappa shape index (κ3) is 3.77. The lowest BCUT2D eigenvalue weighted by Gasteiger charge is -2.40. The average Bonchev–Trinajstić information content (AvgIpc) is 2.36. The molecule has 2 nitrogen and oxygen atoms in total. The maximum absolute atomic E-state index is 13.3. The van der Waals surface area contributed by atoms with Crippen LogP contribution in [-0.4, -0.2) is 30.1 Å². The summed E-state index contributed by atoms with van der Waals surface area (Å²) in [6, 6.07) is 6.35. The molecule has 1 saturated heterocycles. The summed E-state index contributed by atoms with van der Waals surface area (Å²) in [5, 5.41) is 3.59. The monoisotopic (exact) mass is 328 g/mol. The van der Waals surface area contributed by atoms with E-state index in [1.807, 2.05) is 12.1 Å². The zero-order valence-electron chi connectivity index (χ0n) is 11.8. The van der Waals surface area contributed by atoms with Gasteiger partial charge in [0.25, 0.3) is 0 Å². The molecule has 0 saturated carbocycles. The fraction of sp³-hybridized carbons (Fsp3) is 0.600. The van der Waals surface area contributed by atoms with E-state index in [9.17, 15) is 4.39 Å². The average molecular weight is 329 g/mol. The lowest BCUT2D eigenvalue weighted by molar-refractivity contribution is 0.116. The van der Waals surface area contributed by atoms with Crippen molar-refractivity contribution in [3.63, 3.8) is 0 Å². The van der Waals surface area contributed by atoms with Crippen molar-refractivity contribution >= 4 is 15.9 Å². The summed E-state index contributed by atoms with van der Waals surface area (Å²) in [6.45, 7) is 9.69. The van der Waals surface area contributed by atoms with E-state index in [0.29, 0.717) is 22.5 Å². The van der Waals surface area contributed by atoms with Crippen LogP contribution in [0.1, 0.15) is 26.3 Å². The van der Waals surface area contributed by atoms with E-state index in [1.165, 1.54) is 6.07 Å². The van der Waals surface area contributed by atoms with Crippen molar-refractivity contribution in [3.8, 4) is 0 Å². The standard InChI is InChI=1S/C15H22BrFN2/c1-10(2)15-9-19(11(3)7-18-15)8-12-4-5-14(17)13(16)6-12/h4-6,10-11,15,18H,7-9H2,1-3H3. The molecular weight excluding hydrogens is 307 g/mol. The maximum atomic E-state index is 13.3. The smallest absolute Gasteiger partial charge is 0.137 e. The van der Waals surface area contributed by atoms with E-state index in [-0.39, 0.29) is 5.82 Å². The molecule has 1 N–H and O–H groups in total. The quantitative estimate of drug-likeness (QED) is 0.914. The summed E-state index contributed by atoms with van der Waals surface area (Å²) in [4.78, 5) is 2.47. The van der Waals surface area contributed by atoms with Crippen molar-refractivity contribution in [2.24, 2.45) is 5.92 Å². The summed E-state index contributed by atoms with van der Waals surface area (Å²) < 4.78 is 13.8. The Morgan fingerprint density at radius 1 is 1.47 bits per heavy atom. The van der Waals surface area contributed by atoms with Crippen molar-refractivity contribution in [2.45, 2.75) is 39.4 Å². The van der Waals surface area contributed by atoms with Crippen molar-refractivity contribution in [3.05, 3.63) is 34.1 Å². The molecule has 1 aliphatic heterocycles. The molecular formula is C15H22BrFN2. The van der Waals surface area contributed by atoms with Crippen LogP contribution < -0.4 is 5.32 Å². The summed E-state index contributed by atoms with van der Waals surface area (Å²) in [5.41, 5.74) is 1.16. The zero-order valence-corrected chi connectivity index (χ0v) is 13.4. The van der Waals surface area contributed by atoms with Crippen LogP contribution in [0.15, 0.2) is 22.7 Å². The molecule has 2 rings (SSSR count). The molecule has 2 unspecified atom stereocenters. The second-order valence-corrected chi connectivity index (χ2v) is 6.64. The van der Waals surface area contributed by atoms with Gasteiger partial charge in [0.05, 0.1) is 4.47 Å². The number of nitrogens with zero attached hydrogens (tertiary/aromatic N) is 1. The SMILES string of the molecule is CC(C)C1CN(Cc2ccc(F)c(Br)c2)C(C)CN1. The van der Waals surface area contributed by atoms with Crippen molar-refractivity contribution in [1.82, 2.24) is 10.2 Å². The molecule has 0 bridgehead atoms. The van der Waals surface area contributed by atoms with Gasteiger partial charge >= 0.3 is 0 Å². The zero-order chi connectivity index (χ0) is 14.0. The van der Waals surface area contributed by atoms with Crippen LogP contribution >= 0.6 is 15.9 Å². The highest BCUT2D eigenvalue weighted by Gasteiger charge is 2.26. The van der Waals surface area contributed by atoms with Gasteiger partial charge in [-0.1, -0.05) is 19.9 Å².